The van der Waals surface area contributed by atoms with E-state index < -0.39 is 0 Å². The van der Waals surface area contributed by atoms with E-state index in [4.69, 9.17) is 0 Å². The van der Waals surface area contributed by atoms with Gasteiger partial charge < -0.3 is 4.98 Å². The van der Waals surface area contributed by atoms with Crippen LogP contribution in [0.4, 0.5) is 0 Å². The van der Waals surface area contributed by atoms with Crippen molar-refractivity contribution >= 4 is 11.1 Å². The third-order valence-electron chi connectivity index (χ3n) is 3.90. The van der Waals surface area contributed by atoms with E-state index in [-0.39, 0.29) is 0 Å². The summed E-state index contributed by atoms with van der Waals surface area (Å²) < 4.78 is 0. The van der Waals surface area contributed by atoms with Gasteiger partial charge in [-0.25, -0.2) is 0 Å². The Morgan fingerprint density at radius 1 is 1.17 bits per heavy atom. The number of fused-ring (bicyclic) bond motifs is 1. The van der Waals surface area contributed by atoms with Crippen molar-refractivity contribution in [1.82, 2.24) is 4.98 Å². The van der Waals surface area contributed by atoms with Crippen molar-refractivity contribution < 1.29 is 0 Å². The van der Waals surface area contributed by atoms with Crippen molar-refractivity contribution in [3.05, 3.63) is 58.9 Å². The number of allylic oxidation sites excluding steroid dienone is 2. The first kappa shape index (κ1) is 11.3. The lowest BCUT2D eigenvalue weighted by Gasteiger charge is -2.06. The van der Waals surface area contributed by atoms with Crippen molar-refractivity contribution in [1.29, 1.82) is 0 Å². The topological polar surface area (TPSA) is 15.8 Å². The summed E-state index contributed by atoms with van der Waals surface area (Å²) in [5, 5.41) is 0. The van der Waals surface area contributed by atoms with E-state index in [1.54, 1.807) is 0 Å². The predicted octanol–water partition coefficient (Wildman–Crippen LogP) is 4.45. The molecular formula is C17H19N. The second-order valence-corrected chi connectivity index (χ2v) is 5.07. The first-order valence-corrected chi connectivity index (χ1v) is 6.76. The highest BCUT2D eigenvalue weighted by Crippen LogP contribution is 2.38. The predicted molar refractivity (Wildman–Crippen MR) is 77.4 cm³/mol. The van der Waals surface area contributed by atoms with Crippen molar-refractivity contribution in [3.8, 4) is 0 Å². The molecule has 2 aromatic rings. The molecule has 1 nitrogen and oxygen atoms in total. The van der Waals surface area contributed by atoms with E-state index in [0.717, 1.165) is 12.8 Å². The van der Waals surface area contributed by atoms with E-state index in [0.29, 0.717) is 0 Å². The van der Waals surface area contributed by atoms with Crippen molar-refractivity contribution in [2.75, 3.05) is 0 Å². The summed E-state index contributed by atoms with van der Waals surface area (Å²) in [7, 11) is 0. The lowest BCUT2D eigenvalue weighted by Crippen LogP contribution is -1.92. The fraction of sp³-hybridized carbons (Fsp3) is 0.294. The Balaban J connectivity index is 2.05. The van der Waals surface area contributed by atoms with Crippen LogP contribution in [0.25, 0.3) is 11.1 Å². The average molecular weight is 237 g/mol. The largest absolute Gasteiger partial charge is 0.361 e. The molecule has 0 saturated heterocycles. The zero-order valence-electron chi connectivity index (χ0n) is 11.1. The number of aromatic amines is 1. The molecule has 0 bridgehead atoms. The Labute approximate surface area is 109 Å². The van der Waals surface area contributed by atoms with Crippen LogP contribution in [0.5, 0.6) is 0 Å². The molecule has 0 fully saturated rings. The molecule has 1 heterocycles. The van der Waals surface area contributed by atoms with E-state index in [2.05, 4.69) is 55.4 Å². The third kappa shape index (κ3) is 1.71. The van der Waals surface area contributed by atoms with Crippen LogP contribution in [-0.4, -0.2) is 4.98 Å². The second-order valence-electron chi connectivity index (χ2n) is 5.07. The highest BCUT2D eigenvalue weighted by Gasteiger charge is 2.21. The van der Waals surface area contributed by atoms with Gasteiger partial charge in [-0.15, -0.1) is 0 Å². The molecule has 3 rings (SSSR count). The van der Waals surface area contributed by atoms with Crippen molar-refractivity contribution in [2.24, 2.45) is 0 Å². The molecule has 1 aliphatic rings. The summed E-state index contributed by atoms with van der Waals surface area (Å²) >= 11 is 0. The molecule has 92 valence electrons. The normalized spacial score (nSPS) is 14.1. The number of H-pyrrole nitrogens is 1. The van der Waals surface area contributed by atoms with Crippen molar-refractivity contribution in [3.63, 3.8) is 0 Å². The number of aromatic nitrogens is 1. The standard InChI is InChI=1S/C17H19N/c1-3-6-13-9-10-18-17(13)16-11-14-7-4-5-8-15(14)12(16)2/h4-5,7-10,18H,3,6,11H2,1-2H3. The van der Waals surface area contributed by atoms with Gasteiger partial charge in [-0.2, -0.15) is 0 Å². The van der Waals surface area contributed by atoms with Crippen LogP contribution in [0.2, 0.25) is 0 Å². The lowest BCUT2D eigenvalue weighted by molar-refractivity contribution is 0.918. The highest BCUT2D eigenvalue weighted by atomic mass is 14.7. The molecule has 1 N–H and O–H groups in total. The Hall–Kier alpha value is -1.76. The molecule has 1 heteroatoms. The van der Waals surface area contributed by atoms with Crippen LogP contribution in [-0.2, 0) is 12.8 Å². The zero-order valence-corrected chi connectivity index (χ0v) is 11.1. The molecule has 0 atom stereocenters. The summed E-state index contributed by atoms with van der Waals surface area (Å²) in [6.07, 6.45) is 5.50. The molecular weight excluding hydrogens is 218 g/mol. The molecule has 18 heavy (non-hydrogen) atoms. The summed E-state index contributed by atoms with van der Waals surface area (Å²) in [5.41, 5.74) is 8.60. The molecule has 0 amide bonds. The number of hydrogen-bond donors (Lipinski definition) is 1. The molecule has 0 unspecified atom stereocenters. The molecule has 0 aliphatic heterocycles. The van der Waals surface area contributed by atoms with Gasteiger partial charge in [-0.3, -0.25) is 0 Å². The van der Waals surface area contributed by atoms with Gasteiger partial charge in [0.1, 0.15) is 0 Å². The lowest BCUT2D eigenvalue weighted by atomic mass is 10.0. The smallest absolute Gasteiger partial charge is 0.0451 e. The van der Waals surface area contributed by atoms with E-state index in [9.17, 15) is 0 Å². The van der Waals surface area contributed by atoms with Gasteiger partial charge >= 0.3 is 0 Å². The maximum absolute atomic E-state index is 3.44. The minimum Gasteiger partial charge on any atom is -0.361 e. The van der Waals surface area contributed by atoms with Crippen LogP contribution >= 0.6 is 0 Å². The van der Waals surface area contributed by atoms with Crippen LogP contribution in [0.15, 0.2) is 36.5 Å². The van der Waals surface area contributed by atoms with Gasteiger partial charge in [0.15, 0.2) is 0 Å². The fourth-order valence-electron chi connectivity index (χ4n) is 2.96. The SMILES string of the molecule is CCCc1cc[nH]c1C1=C(C)c2ccccc2C1. The maximum atomic E-state index is 3.44. The van der Waals surface area contributed by atoms with Crippen LogP contribution in [0.1, 0.15) is 42.7 Å². The molecule has 0 radical (unpaired) electrons. The van der Waals surface area contributed by atoms with E-state index >= 15 is 0 Å². The molecule has 1 aromatic heterocycles. The zero-order chi connectivity index (χ0) is 12.5. The van der Waals surface area contributed by atoms with Gasteiger partial charge in [0.25, 0.3) is 0 Å². The van der Waals surface area contributed by atoms with Gasteiger partial charge in [0.2, 0.25) is 0 Å². The average Bonchev–Trinajstić information content (AvgIpc) is 2.96. The van der Waals surface area contributed by atoms with Crippen LogP contribution < -0.4 is 0 Å². The van der Waals surface area contributed by atoms with Gasteiger partial charge in [-0.05, 0) is 47.2 Å². The molecule has 0 saturated carbocycles. The first-order valence-electron chi connectivity index (χ1n) is 6.76. The minimum absolute atomic E-state index is 1.07. The molecule has 0 spiro atoms. The van der Waals surface area contributed by atoms with Gasteiger partial charge in [-0.1, -0.05) is 37.6 Å². The van der Waals surface area contributed by atoms with Gasteiger partial charge in [0.05, 0.1) is 0 Å². The number of aryl methyl sites for hydroxylation is 1. The third-order valence-corrected chi connectivity index (χ3v) is 3.90. The van der Waals surface area contributed by atoms with Crippen LogP contribution in [0, 0.1) is 0 Å². The Kier molecular flexibility index (Phi) is 2.83. The fourth-order valence-corrected chi connectivity index (χ4v) is 2.96. The Morgan fingerprint density at radius 3 is 2.78 bits per heavy atom. The summed E-state index contributed by atoms with van der Waals surface area (Å²) in [6, 6.07) is 11.0. The summed E-state index contributed by atoms with van der Waals surface area (Å²) in [5.74, 6) is 0. The summed E-state index contributed by atoms with van der Waals surface area (Å²) in [6.45, 7) is 4.49. The highest BCUT2D eigenvalue weighted by molar-refractivity contribution is 5.96. The minimum atomic E-state index is 1.07. The van der Waals surface area contributed by atoms with E-state index in [1.807, 2.05) is 0 Å². The monoisotopic (exact) mass is 237 g/mol. The molecule has 1 aliphatic carbocycles. The Bertz CT molecular complexity index is 602. The van der Waals surface area contributed by atoms with E-state index in [1.165, 1.54) is 40.0 Å². The van der Waals surface area contributed by atoms with Crippen molar-refractivity contribution in [2.45, 2.75) is 33.1 Å². The number of rotatable bonds is 3. The number of benzene rings is 1. The summed E-state index contributed by atoms with van der Waals surface area (Å²) in [4.78, 5) is 3.44. The second kappa shape index (κ2) is 4.49. The molecule has 1 aromatic carbocycles. The maximum Gasteiger partial charge on any atom is 0.0451 e. The number of nitrogens with one attached hydrogen (secondary N) is 1. The van der Waals surface area contributed by atoms with Crippen LogP contribution in [0.3, 0.4) is 0 Å². The van der Waals surface area contributed by atoms with Gasteiger partial charge in [0, 0.05) is 18.3 Å². The first-order chi connectivity index (χ1) is 8.81. The Morgan fingerprint density at radius 2 is 2.00 bits per heavy atom. The number of hydrogen-bond acceptors (Lipinski definition) is 0. The quantitative estimate of drug-likeness (QED) is 0.811.